The standard InChI is InChI=1S/C48H30N2O/c1-2-13-33-31(11-1)32-12-3-4-14-34(32)41-27-29(21-23-35(33)41)49(30-22-24-38-37-16-7-10-20-45(37)51-46(38)28-30)44-26-25-39-36-15-5-8-18-42(36)50-43-19-9-6-17-40(43)47(44)48(39)50/h1-9,11-19,21-28H,10,20H2. The number of hydrogen-bond acceptors (Lipinski definition) is 2. The van der Waals surface area contributed by atoms with Gasteiger partial charge in [0.2, 0.25) is 0 Å². The van der Waals surface area contributed by atoms with Crippen LogP contribution in [0, 0.1) is 0 Å². The van der Waals surface area contributed by atoms with E-state index in [1.54, 1.807) is 0 Å². The fraction of sp³-hybridized carbons (Fsp3) is 0.0417. The second-order valence-corrected chi connectivity index (χ2v) is 13.9. The van der Waals surface area contributed by atoms with Gasteiger partial charge in [-0.2, -0.15) is 0 Å². The van der Waals surface area contributed by atoms with E-state index in [2.05, 4.69) is 167 Å². The fourth-order valence-corrected chi connectivity index (χ4v) is 9.17. The van der Waals surface area contributed by atoms with Crippen molar-refractivity contribution in [3.8, 4) is 0 Å². The SMILES string of the molecule is C1=Cc2c(oc3cc(N(c4ccc5c6ccccc6c6ccccc6c5c4)c4ccc5c6ccccc6n6c7ccccc7c4c56)ccc23)CC1. The minimum absolute atomic E-state index is 0.929. The minimum Gasteiger partial charge on any atom is -0.460 e. The van der Waals surface area contributed by atoms with Gasteiger partial charge in [-0.05, 0) is 81.2 Å². The molecule has 1 aliphatic rings. The maximum Gasteiger partial charge on any atom is 0.137 e. The van der Waals surface area contributed by atoms with E-state index in [1.807, 2.05) is 0 Å². The van der Waals surface area contributed by atoms with E-state index in [1.165, 1.54) is 81.4 Å². The highest BCUT2D eigenvalue weighted by atomic mass is 16.3. The van der Waals surface area contributed by atoms with Crippen LogP contribution in [0.25, 0.3) is 87.5 Å². The number of hydrogen-bond donors (Lipinski definition) is 0. The monoisotopic (exact) mass is 650 g/mol. The van der Waals surface area contributed by atoms with Crippen LogP contribution < -0.4 is 4.90 Å². The van der Waals surface area contributed by atoms with Crippen molar-refractivity contribution in [3.05, 3.63) is 163 Å². The van der Waals surface area contributed by atoms with Crippen LogP contribution in [0.1, 0.15) is 17.7 Å². The molecule has 51 heavy (non-hydrogen) atoms. The molecule has 0 bridgehead atoms. The topological polar surface area (TPSA) is 20.8 Å². The number of fused-ring (bicyclic) bond motifs is 15. The first-order chi connectivity index (χ1) is 25.3. The molecule has 0 saturated heterocycles. The van der Waals surface area contributed by atoms with Gasteiger partial charge >= 0.3 is 0 Å². The first kappa shape index (κ1) is 27.3. The molecule has 3 nitrogen and oxygen atoms in total. The van der Waals surface area contributed by atoms with Crippen molar-refractivity contribution >= 4 is 105 Å². The summed E-state index contributed by atoms with van der Waals surface area (Å²) >= 11 is 0. The quantitative estimate of drug-likeness (QED) is 0.177. The Morgan fingerprint density at radius 1 is 0.490 bits per heavy atom. The van der Waals surface area contributed by atoms with Crippen LogP contribution in [0.2, 0.25) is 0 Å². The Kier molecular flexibility index (Phi) is 5.34. The third-order valence-electron chi connectivity index (χ3n) is 11.3. The maximum atomic E-state index is 6.58. The van der Waals surface area contributed by atoms with E-state index in [4.69, 9.17) is 4.42 Å². The second-order valence-electron chi connectivity index (χ2n) is 13.9. The highest BCUT2D eigenvalue weighted by Gasteiger charge is 2.25. The number of furan rings is 1. The number of allylic oxidation sites excluding steroid dienone is 1. The predicted molar refractivity (Wildman–Crippen MR) is 215 cm³/mol. The summed E-state index contributed by atoms with van der Waals surface area (Å²) in [5, 5.41) is 13.8. The molecular weight excluding hydrogens is 621 g/mol. The second kappa shape index (κ2) is 9.99. The molecule has 3 heterocycles. The van der Waals surface area contributed by atoms with E-state index in [9.17, 15) is 0 Å². The van der Waals surface area contributed by atoms with Crippen LogP contribution in [-0.4, -0.2) is 4.40 Å². The zero-order chi connectivity index (χ0) is 33.2. The summed E-state index contributed by atoms with van der Waals surface area (Å²) < 4.78 is 9.05. The molecule has 1 aliphatic carbocycles. The van der Waals surface area contributed by atoms with Gasteiger partial charge in [0.25, 0.3) is 0 Å². The number of benzene rings is 8. The third kappa shape index (κ3) is 3.62. The van der Waals surface area contributed by atoms with Gasteiger partial charge in [0.15, 0.2) is 0 Å². The zero-order valence-corrected chi connectivity index (χ0v) is 27.7. The third-order valence-corrected chi connectivity index (χ3v) is 11.3. The molecule has 8 aromatic carbocycles. The summed E-state index contributed by atoms with van der Waals surface area (Å²) in [6.07, 6.45) is 6.44. The van der Waals surface area contributed by atoms with Crippen molar-refractivity contribution in [2.24, 2.45) is 0 Å². The highest BCUT2D eigenvalue weighted by Crippen LogP contribution is 2.49. The van der Waals surface area contributed by atoms with Crippen LogP contribution in [0.4, 0.5) is 17.1 Å². The van der Waals surface area contributed by atoms with Crippen molar-refractivity contribution in [3.63, 3.8) is 0 Å². The number of aromatic nitrogens is 1. The van der Waals surface area contributed by atoms with E-state index in [-0.39, 0.29) is 0 Å². The van der Waals surface area contributed by atoms with E-state index in [0.717, 1.165) is 41.2 Å². The summed E-state index contributed by atoms with van der Waals surface area (Å²) in [5.74, 6) is 1.08. The van der Waals surface area contributed by atoms with Gasteiger partial charge in [0, 0.05) is 56.4 Å². The number of anilines is 3. The Bertz CT molecular complexity index is 3230. The normalized spacial score (nSPS) is 13.3. The van der Waals surface area contributed by atoms with Crippen LogP contribution in [0.3, 0.4) is 0 Å². The summed E-state index contributed by atoms with van der Waals surface area (Å²) in [5.41, 5.74) is 9.21. The average Bonchev–Trinajstić information content (AvgIpc) is 3.85. The highest BCUT2D eigenvalue weighted by molar-refractivity contribution is 6.28. The maximum absolute atomic E-state index is 6.58. The summed E-state index contributed by atoms with van der Waals surface area (Å²) in [6, 6.07) is 53.8. The molecule has 0 N–H and O–H groups in total. The molecule has 0 atom stereocenters. The average molecular weight is 651 g/mol. The smallest absolute Gasteiger partial charge is 0.137 e. The molecule has 3 heteroatoms. The van der Waals surface area contributed by atoms with E-state index in [0.29, 0.717) is 0 Å². The lowest BCUT2D eigenvalue weighted by Crippen LogP contribution is -2.10. The van der Waals surface area contributed by atoms with Gasteiger partial charge < -0.3 is 13.7 Å². The number of para-hydroxylation sites is 2. The van der Waals surface area contributed by atoms with Gasteiger partial charge in [0.05, 0.1) is 22.2 Å². The van der Waals surface area contributed by atoms with Crippen LogP contribution in [-0.2, 0) is 6.42 Å². The molecule has 0 aliphatic heterocycles. The van der Waals surface area contributed by atoms with Gasteiger partial charge in [-0.25, -0.2) is 0 Å². The van der Waals surface area contributed by atoms with Crippen LogP contribution in [0.5, 0.6) is 0 Å². The van der Waals surface area contributed by atoms with Crippen molar-refractivity contribution in [1.82, 2.24) is 4.40 Å². The lowest BCUT2D eigenvalue weighted by atomic mass is 9.94. The van der Waals surface area contributed by atoms with Gasteiger partial charge in [-0.15, -0.1) is 0 Å². The Labute approximate surface area is 293 Å². The molecule has 238 valence electrons. The number of nitrogens with zero attached hydrogens (tertiary/aromatic N) is 2. The summed E-state index contributed by atoms with van der Waals surface area (Å²) in [6.45, 7) is 0. The molecule has 11 aromatic rings. The van der Waals surface area contributed by atoms with Gasteiger partial charge in [-0.1, -0.05) is 109 Å². The lowest BCUT2D eigenvalue weighted by molar-refractivity contribution is 0.546. The molecule has 0 saturated carbocycles. The first-order valence-electron chi connectivity index (χ1n) is 17.8. The fourth-order valence-electron chi connectivity index (χ4n) is 9.17. The molecular formula is C48H30N2O. The molecule has 0 radical (unpaired) electrons. The lowest BCUT2D eigenvalue weighted by Gasteiger charge is -2.27. The largest absolute Gasteiger partial charge is 0.460 e. The minimum atomic E-state index is 0.929. The molecule has 12 rings (SSSR count). The number of aryl methyl sites for hydroxylation is 1. The van der Waals surface area contributed by atoms with Crippen molar-refractivity contribution in [2.75, 3.05) is 4.90 Å². The Morgan fingerprint density at radius 2 is 1.06 bits per heavy atom. The van der Waals surface area contributed by atoms with E-state index >= 15 is 0 Å². The zero-order valence-electron chi connectivity index (χ0n) is 27.7. The van der Waals surface area contributed by atoms with Gasteiger partial charge in [0.1, 0.15) is 11.3 Å². The summed E-state index contributed by atoms with van der Waals surface area (Å²) in [4.78, 5) is 2.46. The van der Waals surface area contributed by atoms with E-state index < -0.39 is 0 Å². The molecule has 0 spiro atoms. The van der Waals surface area contributed by atoms with Gasteiger partial charge in [-0.3, -0.25) is 0 Å². The van der Waals surface area contributed by atoms with Crippen molar-refractivity contribution < 1.29 is 4.42 Å². The molecule has 0 amide bonds. The van der Waals surface area contributed by atoms with Crippen molar-refractivity contribution in [2.45, 2.75) is 12.8 Å². The predicted octanol–water partition coefficient (Wildman–Crippen LogP) is 13.5. The Balaban J connectivity index is 1.21. The molecule has 0 fully saturated rings. The summed E-state index contributed by atoms with van der Waals surface area (Å²) in [7, 11) is 0. The molecule has 3 aromatic heterocycles. The van der Waals surface area contributed by atoms with Crippen LogP contribution in [0.15, 0.2) is 156 Å². The Morgan fingerprint density at radius 3 is 1.80 bits per heavy atom. The van der Waals surface area contributed by atoms with Crippen molar-refractivity contribution in [1.29, 1.82) is 0 Å². The van der Waals surface area contributed by atoms with Crippen LogP contribution >= 0.6 is 0 Å². The molecule has 0 unspecified atom stereocenters. The number of rotatable bonds is 3. The first-order valence-corrected chi connectivity index (χ1v) is 17.8. The Hall–Kier alpha value is -6.58.